The zero-order valence-corrected chi connectivity index (χ0v) is 32.6. The molecule has 5 heterocycles. The van der Waals surface area contributed by atoms with Gasteiger partial charge in [-0.15, -0.1) is 0 Å². The van der Waals surface area contributed by atoms with Crippen molar-refractivity contribution in [1.82, 2.24) is 40.7 Å². The van der Waals surface area contributed by atoms with E-state index in [-0.39, 0.29) is 41.8 Å². The van der Waals surface area contributed by atoms with E-state index < -0.39 is 12.1 Å². The predicted octanol–water partition coefficient (Wildman–Crippen LogP) is 5.59. The molecule has 3 aromatic carbocycles. The van der Waals surface area contributed by atoms with Crippen LogP contribution in [0.5, 0.6) is 0 Å². The minimum Gasteiger partial charge on any atom is -0.363 e. The van der Waals surface area contributed by atoms with Crippen molar-refractivity contribution >= 4 is 29.5 Å². The van der Waals surface area contributed by atoms with Gasteiger partial charge in [0.2, 0.25) is 23.6 Å². The summed E-state index contributed by atoms with van der Waals surface area (Å²) >= 11 is 0. The Morgan fingerprint density at radius 1 is 0.672 bits per heavy atom. The molecule has 13 nitrogen and oxygen atoms in total. The quantitative estimate of drug-likeness (QED) is 0.136. The SMILES string of the molecule is CC(=O)N[C@@H](C(=O)N1CCC[C@H]1C1=NCC(c2ccc(-c3ccc(-c4cnc([C@@H]5CCCN5C(=O)[C@H](NC(C)=O)c5ccccc5)[nH]4)cn3)cc2)N1)c1ccccc1. The number of benzene rings is 3. The lowest BCUT2D eigenvalue weighted by Gasteiger charge is -2.30. The summed E-state index contributed by atoms with van der Waals surface area (Å²) in [6.45, 7) is 4.61. The highest BCUT2D eigenvalue weighted by Crippen LogP contribution is 2.35. The molecular weight excluding hydrogens is 731 g/mol. The molecule has 2 aromatic heterocycles. The monoisotopic (exact) mass is 777 g/mol. The van der Waals surface area contributed by atoms with Crippen LogP contribution in [0.2, 0.25) is 0 Å². The van der Waals surface area contributed by atoms with Crippen LogP contribution in [-0.4, -0.2) is 79.9 Å². The molecule has 5 atom stereocenters. The first kappa shape index (κ1) is 38.3. The molecule has 0 radical (unpaired) electrons. The van der Waals surface area contributed by atoms with Gasteiger partial charge in [0.05, 0.1) is 42.3 Å². The van der Waals surface area contributed by atoms with Gasteiger partial charge in [0, 0.05) is 44.3 Å². The number of H-pyrrole nitrogens is 1. The maximum atomic E-state index is 13.8. The number of carbonyl (C=O) groups excluding carboxylic acids is 4. The Labute approximate surface area is 337 Å². The summed E-state index contributed by atoms with van der Waals surface area (Å²) in [5.74, 6) is 0.716. The van der Waals surface area contributed by atoms with Crippen LogP contribution in [0, 0.1) is 0 Å². The topological polar surface area (TPSA) is 165 Å². The molecule has 0 bridgehead atoms. The molecule has 3 aliphatic rings. The second kappa shape index (κ2) is 16.8. The lowest BCUT2D eigenvalue weighted by molar-refractivity contribution is -0.137. The fourth-order valence-corrected chi connectivity index (χ4v) is 8.35. The number of aliphatic imine (C=N–C) groups is 1. The van der Waals surface area contributed by atoms with E-state index in [9.17, 15) is 19.2 Å². The minimum absolute atomic E-state index is 0.0208. The Balaban J connectivity index is 0.898. The molecule has 0 aliphatic carbocycles. The zero-order valence-electron chi connectivity index (χ0n) is 32.6. The van der Waals surface area contributed by atoms with Gasteiger partial charge in [0.25, 0.3) is 0 Å². The van der Waals surface area contributed by atoms with Crippen molar-refractivity contribution in [3.8, 4) is 22.5 Å². The van der Waals surface area contributed by atoms with Crippen LogP contribution >= 0.6 is 0 Å². The van der Waals surface area contributed by atoms with Crippen molar-refractivity contribution in [1.29, 1.82) is 0 Å². The third kappa shape index (κ3) is 8.11. The Morgan fingerprint density at radius 3 is 1.81 bits per heavy atom. The van der Waals surface area contributed by atoms with Gasteiger partial charge in [-0.2, -0.15) is 0 Å². The van der Waals surface area contributed by atoms with Gasteiger partial charge in [-0.1, -0.05) is 84.9 Å². The summed E-state index contributed by atoms with van der Waals surface area (Å²) in [6, 6.07) is 29.0. The predicted molar refractivity (Wildman–Crippen MR) is 220 cm³/mol. The zero-order chi connectivity index (χ0) is 40.2. The van der Waals surface area contributed by atoms with Crippen molar-refractivity contribution in [2.75, 3.05) is 19.6 Å². The number of nitrogens with zero attached hydrogens (tertiary/aromatic N) is 5. The highest BCUT2D eigenvalue weighted by molar-refractivity contribution is 5.96. The van der Waals surface area contributed by atoms with Gasteiger partial charge >= 0.3 is 0 Å². The van der Waals surface area contributed by atoms with Crippen molar-refractivity contribution in [2.45, 2.75) is 69.7 Å². The van der Waals surface area contributed by atoms with Gasteiger partial charge in [0.1, 0.15) is 23.7 Å². The Kier molecular flexibility index (Phi) is 11.1. The second-order valence-electron chi connectivity index (χ2n) is 15.1. The molecule has 2 fully saturated rings. The third-order valence-electron chi connectivity index (χ3n) is 11.2. The molecule has 4 N–H and O–H groups in total. The van der Waals surface area contributed by atoms with Crippen LogP contribution in [0.25, 0.3) is 22.5 Å². The van der Waals surface area contributed by atoms with Crippen molar-refractivity contribution in [2.24, 2.45) is 4.99 Å². The number of likely N-dealkylation sites (tertiary alicyclic amines) is 2. The number of hydrogen-bond acceptors (Lipinski definition) is 8. The molecule has 1 unspecified atom stereocenters. The van der Waals surface area contributed by atoms with E-state index >= 15 is 0 Å². The third-order valence-corrected chi connectivity index (χ3v) is 11.2. The first-order valence-electron chi connectivity index (χ1n) is 19.9. The van der Waals surface area contributed by atoms with E-state index in [0.717, 1.165) is 70.7 Å². The molecule has 296 valence electrons. The lowest BCUT2D eigenvalue weighted by atomic mass is 10.0. The number of imidazole rings is 1. The molecule has 0 spiro atoms. The van der Waals surface area contributed by atoms with Crippen molar-refractivity contribution < 1.29 is 19.2 Å². The number of carbonyl (C=O) groups is 4. The highest BCUT2D eigenvalue weighted by Gasteiger charge is 2.39. The van der Waals surface area contributed by atoms with E-state index in [1.54, 1.807) is 6.20 Å². The summed E-state index contributed by atoms with van der Waals surface area (Å²) in [4.78, 5) is 73.2. The standard InChI is InChI=1S/C45H47N9O4/c1-28(55)49-40(32-11-5-3-6-12-32)44(57)53-23-9-15-38(53)42-47-26-36(51-42)31-19-17-30(18-20-31)35-22-21-34(25-46-35)37-27-48-43(52-37)39-16-10-24-54(39)45(58)41(50-29(2)56)33-13-7-4-8-14-33/h3-8,11-14,17-22,25,27,36,38-41H,9-10,15-16,23-24,26H2,1-2H3,(H,47,51)(H,48,52)(H,49,55)(H,50,56)/t36?,38-,39-,40+,41+/m0/s1. The number of amides is 4. The van der Waals surface area contributed by atoms with Crippen LogP contribution < -0.4 is 16.0 Å². The average molecular weight is 778 g/mol. The van der Waals surface area contributed by atoms with E-state index in [0.29, 0.717) is 25.5 Å². The number of nitrogens with one attached hydrogen (secondary N) is 4. The molecule has 4 amide bonds. The maximum Gasteiger partial charge on any atom is 0.250 e. The van der Waals surface area contributed by atoms with Gasteiger partial charge < -0.3 is 30.7 Å². The maximum absolute atomic E-state index is 13.8. The number of aromatic nitrogens is 3. The number of aromatic amines is 1. The first-order valence-corrected chi connectivity index (χ1v) is 19.9. The Bertz CT molecular complexity index is 2290. The number of pyridine rings is 1. The first-order chi connectivity index (χ1) is 28.2. The van der Waals surface area contributed by atoms with Gasteiger partial charge in [0.15, 0.2) is 0 Å². The van der Waals surface area contributed by atoms with Crippen molar-refractivity contribution in [3.63, 3.8) is 0 Å². The van der Waals surface area contributed by atoms with Crippen LogP contribution in [0.15, 0.2) is 114 Å². The number of rotatable bonds is 11. The van der Waals surface area contributed by atoms with E-state index in [1.165, 1.54) is 13.8 Å². The molecule has 8 rings (SSSR count). The molecule has 5 aromatic rings. The number of amidine groups is 1. The van der Waals surface area contributed by atoms with Crippen LogP contribution in [0.3, 0.4) is 0 Å². The van der Waals surface area contributed by atoms with Crippen LogP contribution in [0.4, 0.5) is 0 Å². The molecule has 13 heteroatoms. The van der Waals surface area contributed by atoms with Gasteiger partial charge in [-0.3, -0.25) is 29.2 Å². The summed E-state index contributed by atoms with van der Waals surface area (Å²) in [7, 11) is 0. The fourth-order valence-electron chi connectivity index (χ4n) is 8.35. The molecule has 3 aliphatic heterocycles. The summed E-state index contributed by atoms with van der Waals surface area (Å²) in [5.41, 5.74) is 6.08. The summed E-state index contributed by atoms with van der Waals surface area (Å²) < 4.78 is 0. The van der Waals surface area contributed by atoms with Crippen LogP contribution in [0.1, 0.15) is 86.2 Å². The average Bonchev–Trinajstić information content (AvgIpc) is 4.09. The van der Waals surface area contributed by atoms with Crippen LogP contribution in [-0.2, 0) is 19.2 Å². The lowest BCUT2D eigenvalue weighted by Crippen LogP contribution is -2.49. The van der Waals surface area contributed by atoms with Gasteiger partial charge in [-0.05, 0) is 54.5 Å². The molecule has 58 heavy (non-hydrogen) atoms. The minimum atomic E-state index is -0.767. The largest absolute Gasteiger partial charge is 0.363 e. The summed E-state index contributed by atoms with van der Waals surface area (Å²) in [5, 5.41) is 9.29. The fraction of sp³-hybridized carbons (Fsp3) is 0.311. The normalized spacial score (nSPS) is 19.9. The molecular formula is C45H47N9O4. The summed E-state index contributed by atoms with van der Waals surface area (Å²) in [6.07, 6.45) is 6.88. The number of hydrogen-bond donors (Lipinski definition) is 4. The Hall–Kier alpha value is -6.63. The Morgan fingerprint density at radius 2 is 1.24 bits per heavy atom. The second-order valence-corrected chi connectivity index (χ2v) is 15.1. The van der Waals surface area contributed by atoms with E-state index in [1.807, 2.05) is 88.8 Å². The van der Waals surface area contributed by atoms with E-state index in [4.69, 9.17) is 9.98 Å². The van der Waals surface area contributed by atoms with Gasteiger partial charge in [-0.25, -0.2) is 4.98 Å². The van der Waals surface area contributed by atoms with E-state index in [2.05, 4.69) is 50.2 Å². The smallest absolute Gasteiger partial charge is 0.250 e. The molecule has 0 saturated carbocycles. The molecule has 2 saturated heterocycles. The van der Waals surface area contributed by atoms with Crippen molar-refractivity contribution in [3.05, 3.63) is 132 Å². The highest BCUT2D eigenvalue weighted by atomic mass is 16.2.